The Morgan fingerprint density at radius 3 is 2.19 bits per heavy atom. The lowest BCUT2D eigenvalue weighted by Gasteiger charge is -2.19. The van der Waals surface area contributed by atoms with Crippen LogP contribution in [0, 0.1) is 7.14 Å². The van der Waals surface area contributed by atoms with Crippen molar-refractivity contribution in [3.63, 3.8) is 0 Å². The summed E-state index contributed by atoms with van der Waals surface area (Å²) in [6.45, 7) is 7.04. The summed E-state index contributed by atoms with van der Waals surface area (Å²) in [5, 5.41) is 4.13. The smallest absolute Gasteiger partial charge is 0.244 e. The third-order valence-corrected chi connectivity index (χ3v) is 6.44. The Bertz CT molecular complexity index is 1070. The van der Waals surface area contributed by atoms with E-state index in [2.05, 4.69) is 88.6 Å². The molecule has 3 rings (SSSR count). The van der Waals surface area contributed by atoms with E-state index in [1.165, 1.54) is 5.56 Å². The lowest BCUT2D eigenvalue weighted by atomic mass is 9.86. The molecule has 0 aromatic heterocycles. The molecular formula is C26H26I2N2O2. The largest absolute Gasteiger partial charge is 0.487 e. The maximum Gasteiger partial charge on any atom is 0.244 e. The van der Waals surface area contributed by atoms with Crippen LogP contribution < -0.4 is 10.2 Å². The van der Waals surface area contributed by atoms with Crippen LogP contribution in [0.2, 0.25) is 0 Å². The SMILES string of the molecule is CC(C)(C)c1ccc(CC(=O)N/N=C\c2cc(I)c(OCc3ccccc3)c(I)c2)cc1. The molecule has 4 nitrogen and oxygen atoms in total. The van der Waals surface area contributed by atoms with Crippen LogP contribution in [0.25, 0.3) is 0 Å². The molecule has 3 aromatic carbocycles. The molecule has 0 spiro atoms. The molecule has 1 N–H and O–H groups in total. The molecule has 32 heavy (non-hydrogen) atoms. The van der Waals surface area contributed by atoms with E-state index < -0.39 is 0 Å². The molecule has 0 radical (unpaired) electrons. The Morgan fingerprint density at radius 1 is 0.969 bits per heavy atom. The van der Waals surface area contributed by atoms with Gasteiger partial charge >= 0.3 is 0 Å². The maximum absolute atomic E-state index is 12.2. The van der Waals surface area contributed by atoms with Gasteiger partial charge in [-0.05, 0) is 85.0 Å². The van der Waals surface area contributed by atoms with Gasteiger partial charge in [-0.2, -0.15) is 5.10 Å². The second-order valence-corrected chi connectivity index (χ2v) is 10.8. The summed E-state index contributed by atoms with van der Waals surface area (Å²) in [7, 11) is 0. The van der Waals surface area contributed by atoms with E-state index in [-0.39, 0.29) is 11.3 Å². The molecule has 166 valence electrons. The third-order valence-electron chi connectivity index (χ3n) is 4.83. The molecule has 6 heteroatoms. The Morgan fingerprint density at radius 2 is 1.59 bits per heavy atom. The molecule has 1 amide bonds. The highest BCUT2D eigenvalue weighted by Gasteiger charge is 2.13. The second kappa shape index (κ2) is 11.3. The summed E-state index contributed by atoms with van der Waals surface area (Å²) in [5.74, 6) is 0.715. The highest BCUT2D eigenvalue weighted by molar-refractivity contribution is 14.1. The fraction of sp³-hybridized carbons (Fsp3) is 0.231. The average molecular weight is 652 g/mol. The summed E-state index contributed by atoms with van der Waals surface area (Å²) >= 11 is 4.53. The zero-order chi connectivity index (χ0) is 23.1. The number of halogens is 2. The van der Waals surface area contributed by atoms with Crippen molar-refractivity contribution < 1.29 is 9.53 Å². The van der Waals surface area contributed by atoms with Crippen molar-refractivity contribution in [2.24, 2.45) is 5.10 Å². The van der Waals surface area contributed by atoms with Crippen molar-refractivity contribution >= 4 is 57.3 Å². The van der Waals surface area contributed by atoms with Crippen LogP contribution in [0.4, 0.5) is 0 Å². The van der Waals surface area contributed by atoms with Crippen LogP contribution in [0.1, 0.15) is 43.0 Å². The van der Waals surface area contributed by atoms with Crippen molar-refractivity contribution in [3.05, 3.63) is 96.1 Å². The van der Waals surface area contributed by atoms with E-state index >= 15 is 0 Å². The first-order valence-corrected chi connectivity index (χ1v) is 12.5. The van der Waals surface area contributed by atoms with Gasteiger partial charge in [0.1, 0.15) is 12.4 Å². The zero-order valence-electron chi connectivity index (χ0n) is 18.4. The fourth-order valence-electron chi connectivity index (χ4n) is 3.05. The molecule has 0 fully saturated rings. The number of benzene rings is 3. The zero-order valence-corrected chi connectivity index (χ0v) is 22.7. The van der Waals surface area contributed by atoms with E-state index in [0.29, 0.717) is 13.0 Å². The highest BCUT2D eigenvalue weighted by atomic mass is 127. The van der Waals surface area contributed by atoms with Crippen molar-refractivity contribution in [2.75, 3.05) is 0 Å². The molecule has 3 aromatic rings. The molecular weight excluding hydrogens is 626 g/mol. The van der Waals surface area contributed by atoms with Gasteiger partial charge in [0.25, 0.3) is 0 Å². The van der Waals surface area contributed by atoms with Gasteiger partial charge in [0, 0.05) is 0 Å². The number of hydrogen-bond donors (Lipinski definition) is 1. The molecule has 0 unspecified atom stereocenters. The maximum atomic E-state index is 12.2. The molecule has 0 saturated heterocycles. The van der Waals surface area contributed by atoms with Crippen molar-refractivity contribution in [3.8, 4) is 5.75 Å². The van der Waals surface area contributed by atoms with E-state index in [4.69, 9.17) is 4.74 Å². The minimum absolute atomic E-state index is 0.0994. The third kappa shape index (κ3) is 7.30. The predicted molar refractivity (Wildman–Crippen MR) is 147 cm³/mol. The number of amides is 1. The van der Waals surface area contributed by atoms with Gasteiger partial charge in [0.2, 0.25) is 5.91 Å². The fourth-order valence-corrected chi connectivity index (χ4v) is 5.18. The standard InChI is InChI=1S/C26H26I2N2O2/c1-26(2,3)21-11-9-18(10-12-21)15-24(31)30-29-16-20-13-22(27)25(23(28)14-20)32-17-19-7-5-4-6-8-19/h4-14,16H,15,17H2,1-3H3,(H,30,31)/b29-16-. The molecule has 0 atom stereocenters. The number of nitrogens with one attached hydrogen (secondary N) is 1. The summed E-state index contributed by atoms with van der Waals surface area (Å²) in [4.78, 5) is 12.2. The predicted octanol–water partition coefficient (Wildman–Crippen LogP) is 6.47. The molecule has 0 aliphatic heterocycles. The summed E-state index contributed by atoms with van der Waals surface area (Å²) < 4.78 is 8.01. The summed E-state index contributed by atoms with van der Waals surface area (Å²) in [6.07, 6.45) is 1.95. The monoisotopic (exact) mass is 652 g/mol. The minimum Gasteiger partial charge on any atom is -0.487 e. The van der Waals surface area contributed by atoms with E-state index in [1.54, 1.807) is 6.21 Å². The van der Waals surface area contributed by atoms with Crippen LogP contribution in [-0.2, 0) is 23.2 Å². The summed E-state index contributed by atoms with van der Waals surface area (Å²) in [5.41, 5.74) is 6.96. The Kier molecular flexibility index (Phi) is 8.70. The Balaban J connectivity index is 1.56. The Labute approximate surface area is 217 Å². The highest BCUT2D eigenvalue weighted by Crippen LogP contribution is 2.29. The topological polar surface area (TPSA) is 50.7 Å². The van der Waals surface area contributed by atoms with Crippen LogP contribution in [0.15, 0.2) is 71.8 Å². The normalized spacial score (nSPS) is 11.5. The number of ether oxygens (including phenoxy) is 1. The number of hydrazone groups is 1. The van der Waals surface area contributed by atoms with Gasteiger partial charge < -0.3 is 4.74 Å². The number of hydrogen-bond acceptors (Lipinski definition) is 3. The first-order valence-electron chi connectivity index (χ1n) is 10.3. The number of nitrogens with zero attached hydrogens (tertiary/aromatic N) is 1. The number of rotatable bonds is 7. The Hall–Kier alpha value is -1.94. The van der Waals surface area contributed by atoms with E-state index in [9.17, 15) is 4.79 Å². The summed E-state index contributed by atoms with van der Waals surface area (Å²) in [6, 6.07) is 22.2. The van der Waals surface area contributed by atoms with Gasteiger partial charge in [-0.15, -0.1) is 0 Å². The molecule has 0 aliphatic rings. The van der Waals surface area contributed by atoms with Gasteiger partial charge in [-0.25, -0.2) is 5.43 Å². The number of carbonyl (C=O) groups is 1. The lowest BCUT2D eigenvalue weighted by Crippen LogP contribution is -2.20. The van der Waals surface area contributed by atoms with Crippen molar-refractivity contribution in [1.29, 1.82) is 0 Å². The van der Waals surface area contributed by atoms with E-state index in [0.717, 1.165) is 29.6 Å². The first kappa shape index (κ1) is 24.7. The second-order valence-electron chi connectivity index (χ2n) is 8.50. The first-order chi connectivity index (χ1) is 15.2. The van der Waals surface area contributed by atoms with Gasteiger partial charge in [-0.3, -0.25) is 4.79 Å². The molecule has 0 heterocycles. The van der Waals surface area contributed by atoms with Crippen LogP contribution in [-0.4, -0.2) is 12.1 Å². The lowest BCUT2D eigenvalue weighted by molar-refractivity contribution is -0.120. The van der Waals surface area contributed by atoms with Crippen molar-refractivity contribution in [1.82, 2.24) is 5.43 Å². The van der Waals surface area contributed by atoms with Crippen LogP contribution in [0.5, 0.6) is 5.75 Å². The van der Waals surface area contributed by atoms with Gasteiger partial charge in [0.05, 0.1) is 19.8 Å². The number of carbonyl (C=O) groups excluding carboxylic acids is 1. The molecule has 0 saturated carbocycles. The van der Waals surface area contributed by atoms with Crippen molar-refractivity contribution in [2.45, 2.75) is 39.2 Å². The van der Waals surface area contributed by atoms with Gasteiger partial charge in [-0.1, -0.05) is 75.4 Å². The molecule has 0 bridgehead atoms. The van der Waals surface area contributed by atoms with Crippen LogP contribution in [0.3, 0.4) is 0 Å². The minimum atomic E-state index is -0.142. The quantitative estimate of drug-likeness (QED) is 0.181. The van der Waals surface area contributed by atoms with E-state index in [1.807, 2.05) is 54.6 Å². The average Bonchev–Trinajstić information content (AvgIpc) is 2.73. The van der Waals surface area contributed by atoms with Gasteiger partial charge in [0.15, 0.2) is 0 Å². The van der Waals surface area contributed by atoms with Crippen LogP contribution >= 0.6 is 45.2 Å². The molecule has 0 aliphatic carbocycles.